The first-order valence-electron chi connectivity index (χ1n) is 4.87. The number of aliphatic hydroxyl groups excluding tert-OH is 1. The Morgan fingerprint density at radius 1 is 1.15 bits per heavy atom. The predicted molar refractivity (Wildman–Crippen MR) is 55.6 cm³/mol. The lowest BCUT2D eigenvalue weighted by Crippen LogP contribution is -2.01. The van der Waals surface area contributed by atoms with Crippen LogP contribution >= 0.6 is 0 Å². The van der Waals surface area contributed by atoms with Gasteiger partial charge >= 0.3 is 0 Å². The van der Waals surface area contributed by atoms with E-state index in [9.17, 15) is 5.11 Å². The maximum absolute atomic E-state index is 9.52. The molecule has 0 aliphatic rings. The molecule has 0 aromatic heterocycles. The number of rotatable bonds is 3. The minimum atomic E-state index is -0.352. The quantitative estimate of drug-likeness (QED) is 0.754. The summed E-state index contributed by atoms with van der Waals surface area (Å²) in [6.07, 6.45) is 0.691. The molecular weight excluding hydrogens is 160 g/mol. The fourth-order valence-corrected chi connectivity index (χ4v) is 1.57. The normalized spacial score (nSPS) is 13.3. The van der Waals surface area contributed by atoms with E-state index >= 15 is 0 Å². The van der Waals surface area contributed by atoms with E-state index in [0.717, 1.165) is 12.0 Å². The van der Waals surface area contributed by atoms with Gasteiger partial charge in [-0.25, -0.2) is 0 Å². The van der Waals surface area contributed by atoms with Crippen molar-refractivity contribution in [3.63, 3.8) is 0 Å². The van der Waals surface area contributed by atoms with Crippen LogP contribution in [-0.4, -0.2) is 5.11 Å². The summed E-state index contributed by atoms with van der Waals surface area (Å²) >= 11 is 0. The van der Waals surface area contributed by atoms with Crippen LogP contribution in [0, 0.1) is 5.92 Å². The lowest BCUT2D eigenvalue weighted by atomic mass is 9.96. The van der Waals surface area contributed by atoms with Crippen LogP contribution < -0.4 is 0 Å². The van der Waals surface area contributed by atoms with Gasteiger partial charge in [0.25, 0.3) is 0 Å². The summed E-state index contributed by atoms with van der Waals surface area (Å²) in [6, 6.07) is 8.11. The number of hydrogen-bond acceptors (Lipinski definition) is 1. The van der Waals surface area contributed by atoms with Crippen LogP contribution in [0.25, 0.3) is 0 Å². The molecule has 1 aromatic carbocycles. The highest BCUT2D eigenvalue weighted by Gasteiger charge is 2.07. The topological polar surface area (TPSA) is 20.2 Å². The van der Waals surface area contributed by atoms with Gasteiger partial charge in [-0.1, -0.05) is 38.1 Å². The second-order valence-corrected chi connectivity index (χ2v) is 3.97. The monoisotopic (exact) mass is 178 g/mol. The minimum absolute atomic E-state index is 0.352. The van der Waals surface area contributed by atoms with E-state index in [2.05, 4.69) is 19.9 Å². The third-order valence-electron chi connectivity index (χ3n) is 2.13. The summed E-state index contributed by atoms with van der Waals surface area (Å²) in [4.78, 5) is 0. The Hall–Kier alpha value is -0.820. The van der Waals surface area contributed by atoms with Crippen molar-refractivity contribution in [1.82, 2.24) is 0 Å². The first kappa shape index (κ1) is 10.3. The standard InChI is InChI=1S/C12H18O/c1-9(2)8-11-6-4-5-7-12(11)10(3)13/h4-7,9-10,13H,8H2,1-3H3/t10-/m0/s1. The fraction of sp³-hybridized carbons (Fsp3) is 0.500. The molecule has 13 heavy (non-hydrogen) atoms. The van der Waals surface area contributed by atoms with Crippen molar-refractivity contribution in [2.24, 2.45) is 5.92 Å². The van der Waals surface area contributed by atoms with Crippen molar-refractivity contribution >= 4 is 0 Å². The Kier molecular flexibility index (Phi) is 3.49. The second kappa shape index (κ2) is 4.43. The average Bonchev–Trinajstić information content (AvgIpc) is 2.03. The molecule has 0 spiro atoms. The van der Waals surface area contributed by atoms with Gasteiger partial charge in [0.15, 0.2) is 0 Å². The zero-order chi connectivity index (χ0) is 9.84. The van der Waals surface area contributed by atoms with Gasteiger partial charge in [-0.2, -0.15) is 0 Å². The predicted octanol–water partition coefficient (Wildman–Crippen LogP) is 2.94. The molecule has 1 rings (SSSR count). The molecule has 0 aliphatic heterocycles. The molecule has 0 bridgehead atoms. The van der Waals surface area contributed by atoms with E-state index in [-0.39, 0.29) is 6.10 Å². The highest BCUT2D eigenvalue weighted by molar-refractivity contribution is 5.28. The van der Waals surface area contributed by atoms with Crippen LogP contribution in [0.3, 0.4) is 0 Å². The van der Waals surface area contributed by atoms with Crippen molar-refractivity contribution in [2.75, 3.05) is 0 Å². The highest BCUT2D eigenvalue weighted by atomic mass is 16.3. The molecule has 0 amide bonds. The van der Waals surface area contributed by atoms with Gasteiger partial charge in [0, 0.05) is 0 Å². The molecule has 1 atom stereocenters. The Bertz CT molecular complexity index is 264. The van der Waals surface area contributed by atoms with Crippen LogP contribution in [0.1, 0.15) is 38.0 Å². The van der Waals surface area contributed by atoms with E-state index in [1.807, 2.05) is 25.1 Å². The number of aliphatic hydroxyl groups is 1. The van der Waals surface area contributed by atoms with Crippen LogP contribution in [0.4, 0.5) is 0 Å². The van der Waals surface area contributed by atoms with Gasteiger partial charge < -0.3 is 5.11 Å². The number of hydrogen-bond donors (Lipinski definition) is 1. The zero-order valence-electron chi connectivity index (χ0n) is 8.62. The molecule has 0 fully saturated rings. The van der Waals surface area contributed by atoms with E-state index in [0.29, 0.717) is 5.92 Å². The maximum Gasteiger partial charge on any atom is 0.0764 e. The smallest absolute Gasteiger partial charge is 0.0764 e. The van der Waals surface area contributed by atoms with Crippen LogP contribution in [-0.2, 0) is 6.42 Å². The van der Waals surface area contributed by atoms with Crippen molar-refractivity contribution in [3.05, 3.63) is 35.4 Å². The summed E-state index contributed by atoms with van der Waals surface area (Å²) in [7, 11) is 0. The Morgan fingerprint density at radius 2 is 1.77 bits per heavy atom. The van der Waals surface area contributed by atoms with Crippen molar-refractivity contribution < 1.29 is 5.11 Å². The maximum atomic E-state index is 9.52. The Balaban J connectivity index is 2.91. The summed E-state index contributed by atoms with van der Waals surface area (Å²) in [6.45, 7) is 6.21. The molecule has 72 valence electrons. The molecule has 0 radical (unpaired) electrons. The first-order chi connectivity index (χ1) is 6.11. The van der Waals surface area contributed by atoms with Crippen LogP contribution in [0.5, 0.6) is 0 Å². The minimum Gasteiger partial charge on any atom is -0.389 e. The fourth-order valence-electron chi connectivity index (χ4n) is 1.57. The molecule has 0 heterocycles. The molecule has 0 saturated carbocycles. The van der Waals surface area contributed by atoms with Crippen molar-refractivity contribution in [3.8, 4) is 0 Å². The van der Waals surface area contributed by atoms with E-state index < -0.39 is 0 Å². The first-order valence-corrected chi connectivity index (χ1v) is 4.87. The number of benzene rings is 1. The molecule has 0 unspecified atom stereocenters. The van der Waals surface area contributed by atoms with Crippen LogP contribution in [0.2, 0.25) is 0 Å². The van der Waals surface area contributed by atoms with E-state index in [1.165, 1.54) is 5.56 Å². The Morgan fingerprint density at radius 3 is 2.31 bits per heavy atom. The van der Waals surface area contributed by atoms with Gasteiger partial charge in [0.2, 0.25) is 0 Å². The Labute approximate surface area is 80.4 Å². The summed E-state index contributed by atoms with van der Waals surface area (Å²) in [5.74, 6) is 0.639. The molecular formula is C12H18O. The van der Waals surface area contributed by atoms with E-state index in [1.54, 1.807) is 0 Å². The summed E-state index contributed by atoms with van der Waals surface area (Å²) in [5, 5.41) is 9.52. The average molecular weight is 178 g/mol. The van der Waals surface area contributed by atoms with Gasteiger partial charge in [-0.3, -0.25) is 0 Å². The highest BCUT2D eigenvalue weighted by Crippen LogP contribution is 2.19. The van der Waals surface area contributed by atoms with Gasteiger partial charge in [0.1, 0.15) is 0 Å². The molecule has 1 heteroatoms. The third kappa shape index (κ3) is 2.85. The molecule has 1 N–H and O–H groups in total. The molecule has 1 nitrogen and oxygen atoms in total. The van der Waals surface area contributed by atoms with E-state index in [4.69, 9.17) is 0 Å². The second-order valence-electron chi connectivity index (χ2n) is 3.97. The summed E-state index contributed by atoms with van der Waals surface area (Å²) < 4.78 is 0. The summed E-state index contributed by atoms with van der Waals surface area (Å²) in [5.41, 5.74) is 2.34. The molecule has 0 saturated heterocycles. The largest absolute Gasteiger partial charge is 0.389 e. The van der Waals surface area contributed by atoms with Gasteiger partial charge in [-0.05, 0) is 30.4 Å². The zero-order valence-corrected chi connectivity index (χ0v) is 8.62. The molecule has 0 aliphatic carbocycles. The van der Waals surface area contributed by atoms with Crippen molar-refractivity contribution in [2.45, 2.75) is 33.3 Å². The van der Waals surface area contributed by atoms with Gasteiger partial charge in [0.05, 0.1) is 6.10 Å². The SMILES string of the molecule is CC(C)Cc1ccccc1[C@H](C)O. The molecule has 1 aromatic rings. The lowest BCUT2D eigenvalue weighted by Gasteiger charge is -2.13. The van der Waals surface area contributed by atoms with Crippen LogP contribution in [0.15, 0.2) is 24.3 Å². The lowest BCUT2D eigenvalue weighted by molar-refractivity contribution is 0.198. The van der Waals surface area contributed by atoms with Gasteiger partial charge in [-0.15, -0.1) is 0 Å². The third-order valence-corrected chi connectivity index (χ3v) is 2.13. The van der Waals surface area contributed by atoms with Crippen molar-refractivity contribution in [1.29, 1.82) is 0 Å².